The van der Waals surface area contributed by atoms with E-state index in [0.29, 0.717) is 45.3 Å². The first-order valence-corrected chi connectivity index (χ1v) is 13.5. The predicted octanol–water partition coefficient (Wildman–Crippen LogP) is 9.04. The van der Waals surface area contributed by atoms with Gasteiger partial charge in [-0.15, -0.1) is 0 Å². The van der Waals surface area contributed by atoms with Crippen molar-refractivity contribution in [2.75, 3.05) is 24.9 Å². The number of ether oxygens (including phenoxy) is 2. The van der Waals surface area contributed by atoms with Crippen LogP contribution in [0.2, 0.25) is 0 Å². The third-order valence-electron chi connectivity index (χ3n) is 6.34. The van der Waals surface area contributed by atoms with Gasteiger partial charge in [-0.05, 0) is 115 Å². The van der Waals surface area contributed by atoms with Gasteiger partial charge in [-0.3, -0.25) is 9.59 Å². The van der Waals surface area contributed by atoms with E-state index in [0.717, 1.165) is 11.5 Å². The molecular formula is C34H28N6O4. The molecule has 0 heterocycles. The number of hydrogen-bond donors (Lipinski definition) is 2. The summed E-state index contributed by atoms with van der Waals surface area (Å²) in [6, 6.07) is 34.9. The standard InChI is InChI=1S/C34H28N6O4/c1-43-31-18-14-29(15-19-31)39-37-27-10-6-25(7-11-27)35-33(41)23-4-3-5-24(22-23)34(42)36-26-8-12-28(13-9-26)38-40-30-16-20-32(44-2)21-17-30/h3-22H,1-2H3,(H,35,41)(H,36,42). The molecule has 5 rings (SSSR count). The van der Waals surface area contributed by atoms with E-state index in [1.54, 1.807) is 111 Å². The van der Waals surface area contributed by atoms with Crippen molar-refractivity contribution in [2.45, 2.75) is 0 Å². The van der Waals surface area contributed by atoms with Gasteiger partial charge >= 0.3 is 0 Å². The molecule has 0 aliphatic heterocycles. The van der Waals surface area contributed by atoms with Crippen molar-refractivity contribution in [1.82, 2.24) is 0 Å². The maximum absolute atomic E-state index is 12.9. The van der Waals surface area contributed by atoms with E-state index < -0.39 is 0 Å². The molecule has 0 radical (unpaired) electrons. The van der Waals surface area contributed by atoms with E-state index in [-0.39, 0.29) is 11.8 Å². The van der Waals surface area contributed by atoms with Gasteiger partial charge < -0.3 is 20.1 Å². The van der Waals surface area contributed by atoms with Gasteiger partial charge in [0.15, 0.2) is 0 Å². The van der Waals surface area contributed by atoms with E-state index in [4.69, 9.17) is 9.47 Å². The zero-order valence-electron chi connectivity index (χ0n) is 24.0. The van der Waals surface area contributed by atoms with Crippen LogP contribution in [0.25, 0.3) is 0 Å². The van der Waals surface area contributed by atoms with E-state index in [9.17, 15) is 9.59 Å². The zero-order valence-corrected chi connectivity index (χ0v) is 24.0. The second kappa shape index (κ2) is 14.1. The molecule has 2 amide bonds. The van der Waals surface area contributed by atoms with Gasteiger partial charge in [0, 0.05) is 22.5 Å². The van der Waals surface area contributed by atoms with Crippen molar-refractivity contribution in [3.05, 3.63) is 132 Å². The molecule has 0 aliphatic carbocycles. The van der Waals surface area contributed by atoms with Crippen molar-refractivity contribution in [3.8, 4) is 11.5 Å². The Morgan fingerprint density at radius 3 is 1.11 bits per heavy atom. The van der Waals surface area contributed by atoms with Gasteiger partial charge in [0.1, 0.15) is 11.5 Å². The summed E-state index contributed by atoms with van der Waals surface area (Å²) in [5, 5.41) is 22.5. The Bertz CT molecular complexity index is 1650. The molecule has 0 saturated heterocycles. The van der Waals surface area contributed by atoms with Crippen LogP contribution in [0.15, 0.2) is 142 Å². The molecule has 0 atom stereocenters. The molecule has 10 nitrogen and oxygen atoms in total. The largest absolute Gasteiger partial charge is 0.497 e. The SMILES string of the molecule is COc1ccc(N=Nc2ccc(NC(=O)c3cccc(C(=O)Nc4ccc(N=Nc5ccc(OC)cc5)cc4)c3)cc2)cc1. The van der Waals surface area contributed by atoms with E-state index >= 15 is 0 Å². The normalized spacial score (nSPS) is 11.0. The molecule has 0 aromatic heterocycles. The molecule has 0 unspecified atom stereocenters. The van der Waals surface area contributed by atoms with Crippen molar-refractivity contribution < 1.29 is 19.1 Å². The highest BCUT2D eigenvalue weighted by Crippen LogP contribution is 2.24. The van der Waals surface area contributed by atoms with Crippen LogP contribution in [0.5, 0.6) is 11.5 Å². The molecule has 0 bridgehead atoms. The second-order valence-corrected chi connectivity index (χ2v) is 9.38. The molecule has 0 spiro atoms. The van der Waals surface area contributed by atoms with Gasteiger partial charge in [-0.2, -0.15) is 20.5 Å². The first-order valence-electron chi connectivity index (χ1n) is 13.5. The number of rotatable bonds is 10. The summed E-state index contributed by atoms with van der Waals surface area (Å²) in [7, 11) is 3.21. The van der Waals surface area contributed by atoms with E-state index in [2.05, 4.69) is 31.1 Å². The lowest BCUT2D eigenvalue weighted by Gasteiger charge is -2.08. The van der Waals surface area contributed by atoms with Crippen LogP contribution in [0.3, 0.4) is 0 Å². The lowest BCUT2D eigenvalue weighted by Crippen LogP contribution is -2.15. The number of anilines is 2. The smallest absolute Gasteiger partial charge is 0.255 e. The Kier molecular flexibility index (Phi) is 9.43. The van der Waals surface area contributed by atoms with Crippen molar-refractivity contribution in [1.29, 1.82) is 0 Å². The summed E-state index contributed by atoms with van der Waals surface area (Å²) < 4.78 is 10.3. The third kappa shape index (κ3) is 7.98. The van der Waals surface area contributed by atoms with Gasteiger partial charge in [0.05, 0.1) is 37.0 Å². The average molecular weight is 585 g/mol. The van der Waals surface area contributed by atoms with Crippen molar-refractivity contribution >= 4 is 45.9 Å². The molecule has 0 saturated carbocycles. The summed E-state index contributed by atoms with van der Waals surface area (Å²) in [6.07, 6.45) is 0. The summed E-state index contributed by atoms with van der Waals surface area (Å²) in [4.78, 5) is 25.8. The third-order valence-corrected chi connectivity index (χ3v) is 6.34. The second-order valence-electron chi connectivity index (χ2n) is 9.38. The van der Waals surface area contributed by atoms with Gasteiger partial charge in [-0.25, -0.2) is 0 Å². The molecular weight excluding hydrogens is 556 g/mol. The predicted molar refractivity (Wildman–Crippen MR) is 170 cm³/mol. The van der Waals surface area contributed by atoms with Crippen LogP contribution >= 0.6 is 0 Å². The Labute approximate surface area is 254 Å². The fraction of sp³-hybridized carbons (Fsp3) is 0.0588. The number of benzene rings is 5. The Balaban J connectivity index is 1.15. The number of methoxy groups -OCH3 is 2. The molecule has 0 fully saturated rings. The highest BCUT2D eigenvalue weighted by Gasteiger charge is 2.12. The van der Waals surface area contributed by atoms with Gasteiger partial charge in [-0.1, -0.05) is 6.07 Å². The quantitative estimate of drug-likeness (QED) is 0.159. The zero-order chi connectivity index (χ0) is 30.7. The first-order chi connectivity index (χ1) is 21.5. The molecule has 44 heavy (non-hydrogen) atoms. The average Bonchev–Trinajstić information content (AvgIpc) is 3.08. The summed E-state index contributed by atoms with van der Waals surface area (Å²) in [5.74, 6) is 0.787. The van der Waals surface area contributed by atoms with Crippen LogP contribution in [0.4, 0.5) is 34.1 Å². The minimum atomic E-state index is -0.348. The monoisotopic (exact) mass is 584 g/mol. The van der Waals surface area contributed by atoms with E-state index in [1.165, 1.54) is 0 Å². The number of nitrogens with one attached hydrogen (secondary N) is 2. The minimum absolute atomic E-state index is 0.343. The number of hydrogen-bond acceptors (Lipinski definition) is 8. The minimum Gasteiger partial charge on any atom is -0.497 e. The fourth-order valence-corrected chi connectivity index (χ4v) is 3.96. The van der Waals surface area contributed by atoms with Gasteiger partial charge in [0.2, 0.25) is 0 Å². The van der Waals surface area contributed by atoms with Crippen LogP contribution in [0.1, 0.15) is 20.7 Å². The topological polar surface area (TPSA) is 126 Å². The number of carbonyl (C=O) groups excluding carboxylic acids is 2. The highest BCUT2D eigenvalue weighted by atomic mass is 16.5. The molecule has 5 aromatic rings. The number of carbonyl (C=O) groups is 2. The Morgan fingerprint density at radius 2 is 0.795 bits per heavy atom. The molecule has 218 valence electrons. The van der Waals surface area contributed by atoms with Crippen molar-refractivity contribution in [2.24, 2.45) is 20.5 Å². The summed E-state index contributed by atoms with van der Waals surface area (Å²) >= 11 is 0. The van der Waals surface area contributed by atoms with Crippen LogP contribution in [0, 0.1) is 0 Å². The summed E-state index contributed by atoms with van der Waals surface area (Å²) in [5.41, 5.74) is 4.49. The number of amides is 2. The highest BCUT2D eigenvalue weighted by molar-refractivity contribution is 6.08. The molecule has 2 N–H and O–H groups in total. The lowest BCUT2D eigenvalue weighted by molar-refractivity contribution is 0.102. The maximum Gasteiger partial charge on any atom is 0.255 e. The molecule has 5 aromatic carbocycles. The van der Waals surface area contributed by atoms with Crippen LogP contribution < -0.4 is 20.1 Å². The van der Waals surface area contributed by atoms with Crippen LogP contribution in [-0.4, -0.2) is 26.0 Å². The first kappa shape index (κ1) is 29.3. The van der Waals surface area contributed by atoms with Crippen molar-refractivity contribution in [3.63, 3.8) is 0 Å². The molecule has 0 aliphatic rings. The Hall–Kier alpha value is -6.16. The number of nitrogens with zero attached hydrogens (tertiary/aromatic N) is 4. The fourth-order valence-electron chi connectivity index (χ4n) is 3.96. The van der Waals surface area contributed by atoms with E-state index in [1.807, 2.05) is 24.3 Å². The maximum atomic E-state index is 12.9. The lowest BCUT2D eigenvalue weighted by atomic mass is 10.1. The summed E-state index contributed by atoms with van der Waals surface area (Å²) in [6.45, 7) is 0. The Morgan fingerprint density at radius 1 is 0.477 bits per heavy atom. The number of azo groups is 2. The molecule has 10 heteroatoms. The van der Waals surface area contributed by atoms with Gasteiger partial charge in [0.25, 0.3) is 11.8 Å². The van der Waals surface area contributed by atoms with Crippen LogP contribution in [-0.2, 0) is 0 Å².